The molecule has 0 fully saturated rings. The predicted molar refractivity (Wildman–Crippen MR) is 78.1 cm³/mol. The molecule has 2 aromatic rings. The zero-order chi connectivity index (χ0) is 15.6. The first-order chi connectivity index (χ1) is 9.92. The van der Waals surface area contributed by atoms with Crippen LogP contribution in [0, 0.1) is 11.6 Å². The van der Waals surface area contributed by atoms with Crippen molar-refractivity contribution in [3.05, 3.63) is 52.6 Å². The summed E-state index contributed by atoms with van der Waals surface area (Å²) >= 11 is 5.83. The molecule has 0 aliphatic carbocycles. The molecule has 2 N–H and O–H groups in total. The fourth-order valence-electron chi connectivity index (χ4n) is 1.99. The van der Waals surface area contributed by atoms with E-state index in [-0.39, 0.29) is 16.5 Å². The van der Waals surface area contributed by atoms with Gasteiger partial charge in [-0.15, -0.1) is 0 Å². The number of aromatic hydroxyl groups is 1. The quantitative estimate of drug-likeness (QED) is 0.873. The van der Waals surface area contributed by atoms with Crippen molar-refractivity contribution in [3.8, 4) is 11.5 Å². The lowest BCUT2D eigenvalue weighted by molar-refractivity contribution is 0.406. The summed E-state index contributed by atoms with van der Waals surface area (Å²) in [5, 5.41) is 12.7. The fourth-order valence-corrected chi connectivity index (χ4v) is 2.24. The summed E-state index contributed by atoms with van der Waals surface area (Å²) in [5.41, 5.74) is 0.524. The largest absolute Gasteiger partial charge is 0.507 e. The molecule has 0 saturated heterocycles. The SMILES string of the molecule is COc1ccc(C(C)Nc2c(F)cc(F)cc2Cl)c(O)c1. The molecule has 3 nitrogen and oxygen atoms in total. The zero-order valence-corrected chi connectivity index (χ0v) is 12.2. The van der Waals surface area contributed by atoms with Crippen LogP contribution < -0.4 is 10.1 Å². The molecule has 1 unspecified atom stereocenters. The molecule has 21 heavy (non-hydrogen) atoms. The van der Waals surface area contributed by atoms with E-state index in [1.165, 1.54) is 13.2 Å². The van der Waals surface area contributed by atoms with Gasteiger partial charge in [0.1, 0.15) is 17.3 Å². The highest BCUT2D eigenvalue weighted by Gasteiger charge is 2.16. The molecule has 0 aliphatic heterocycles. The number of phenols is 1. The van der Waals surface area contributed by atoms with Crippen LogP contribution in [0.4, 0.5) is 14.5 Å². The third-order valence-electron chi connectivity index (χ3n) is 3.07. The highest BCUT2D eigenvalue weighted by molar-refractivity contribution is 6.33. The van der Waals surface area contributed by atoms with Crippen LogP contribution in [0.1, 0.15) is 18.5 Å². The normalized spacial score (nSPS) is 12.0. The molecule has 2 aromatic carbocycles. The van der Waals surface area contributed by atoms with E-state index in [1.807, 2.05) is 0 Å². The van der Waals surface area contributed by atoms with Crippen LogP contribution in [0.3, 0.4) is 0 Å². The molecule has 0 amide bonds. The molecule has 2 rings (SSSR count). The van der Waals surface area contributed by atoms with Crippen LogP contribution in [0.15, 0.2) is 30.3 Å². The number of nitrogens with one attached hydrogen (secondary N) is 1. The van der Waals surface area contributed by atoms with Gasteiger partial charge in [0.25, 0.3) is 0 Å². The van der Waals surface area contributed by atoms with E-state index in [9.17, 15) is 13.9 Å². The first-order valence-corrected chi connectivity index (χ1v) is 6.58. The lowest BCUT2D eigenvalue weighted by atomic mass is 10.1. The minimum atomic E-state index is -0.792. The number of hydrogen-bond donors (Lipinski definition) is 2. The highest BCUT2D eigenvalue weighted by atomic mass is 35.5. The molecule has 1 atom stereocenters. The molecule has 0 heterocycles. The Labute approximate surface area is 126 Å². The Morgan fingerprint density at radius 3 is 2.52 bits per heavy atom. The Morgan fingerprint density at radius 2 is 1.95 bits per heavy atom. The maximum atomic E-state index is 13.7. The smallest absolute Gasteiger partial charge is 0.150 e. The molecular weight excluding hydrogens is 300 g/mol. The number of anilines is 1. The summed E-state index contributed by atoms with van der Waals surface area (Å²) in [7, 11) is 1.49. The van der Waals surface area contributed by atoms with Gasteiger partial charge in [0.15, 0.2) is 5.82 Å². The van der Waals surface area contributed by atoms with Gasteiger partial charge in [-0.05, 0) is 25.1 Å². The third-order valence-corrected chi connectivity index (χ3v) is 3.37. The molecule has 0 aromatic heterocycles. The number of methoxy groups -OCH3 is 1. The number of hydrogen-bond acceptors (Lipinski definition) is 3. The summed E-state index contributed by atoms with van der Waals surface area (Å²) in [6.07, 6.45) is 0. The average Bonchev–Trinajstić information content (AvgIpc) is 2.42. The van der Waals surface area contributed by atoms with Crippen LogP contribution in [0.25, 0.3) is 0 Å². The maximum Gasteiger partial charge on any atom is 0.150 e. The molecule has 0 bridgehead atoms. The van der Waals surface area contributed by atoms with E-state index in [0.717, 1.165) is 12.1 Å². The molecule has 0 radical (unpaired) electrons. The van der Waals surface area contributed by atoms with Crippen molar-refractivity contribution in [2.45, 2.75) is 13.0 Å². The Hall–Kier alpha value is -2.01. The van der Waals surface area contributed by atoms with Crippen molar-refractivity contribution >= 4 is 17.3 Å². The van der Waals surface area contributed by atoms with Gasteiger partial charge in [-0.1, -0.05) is 11.6 Å². The van der Waals surface area contributed by atoms with Gasteiger partial charge >= 0.3 is 0 Å². The lowest BCUT2D eigenvalue weighted by Crippen LogP contribution is -2.09. The number of halogens is 3. The van der Waals surface area contributed by atoms with Crippen molar-refractivity contribution in [1.29, 1.82) is 0 Å². The Kier molecular flexibility index (Phi) is 4.53. The van der Waals surface area contributed by atoms with Gasteiger partial charge in [0.2, 0.25) is 0 Å². The van der Waals surface area contributed by atoms with Gasteiger partial charge < -0.3 is 15.2 Å². The fraction of sp³-hybridized carbons (Fsp3) is 0.200. The van der Waals surface area contributed by atoms with Gasteiger partial charge in [0, 0.05) is 17.7 Å². The van der Waals surface area contributed by atoms with Crippen molar-refractivity contribution in [1.82, 2.24) is 0 Å². The second-order valence-corrected chi connectivity index (χ2v) is 4.94. The summed E-state index contributed by atoms with van der Waals surface area (Å²) in [5.74, 6) is -1.02. The molecule has 112 valence electrons. The molecule has 6 heteroatoms. The van der Waals surface area contributed by atoms with E-state index < -0.39 is 17.7 Å². The molecule has 0 spiro atoms. The van der Waals surface area contributed by atoms with E-state index in [2.05, 4.69) is 5.32 Å². The molecule has 0 saturated carbocycles. The van der Waals surface area contributed by atoms with E-state index in [4.69, 9.17) is 16.3 Å². The van der Waals surface area contributed by atoms with Crippen LogP contribution in [-0.2, 0) is 0 Å². The predicted octanol–water partition coefficient (Wildman–Crippen LogP) is 4.51. The van der Waals surface area contributed by atoms with Crippen LogP contribution in [-0.4, -0.2) is 12.2 Å². The number of phenolic OH excluding ortho intramolecular Hbond substituents is 1. The maximum absolute atomic E-state index is 13.7. The zero-order valence-electron chi connectivity index (χ0n) is 11.5. The second kappa shape index (κ2) is 6.18. The number of rotatable bonds is 4. The first-order valence-electron chi connectivity index (χ1n) is 6.20. The molecular formula is C15H14ClF2NO2. The van der Waals surface area contributed by atoms with Crippen molar-refractivity contribution < 1.29 is 18.6 Å². The van der Waals surface area contributed by atoms with Crippen LogP contribution in [0.5, 0.6) is 11.5 Å². The van der Waals surface area contributed by atoms with Gasteiger partial charge in [-0.25, -0.2) is 8.78 Å². The summed E-state index contributed by atoms with van der Waals surface area (Å²) in [6.45, 7) is 1.72. The summed E-state index contributed by atoms with van der Waals surface area (Å²) < 4.78 is 31.7. The van der Waals surface area contributed by atoms with Crippen LogP contribution in [0.2, 0.25) is 5.02 Å². The Balaban J connectivity index is 2.28. The van der Waals surface area contributed by atoms with E-state index in [0.29, 0.717) is 11.3 Å². The third kappa shape index (κ3) is 3.36. The van der Waals surface area contributed by atoms with E-state index >= 15 is 0 Å². The lowest BCUT2D eigenvalue weighted by Gasteiger charge is -2.18. The molecule has 0 aliphatic rings. The second-order valence-electron chi connectivity index (χ2n) is 4.54. The van der Waals surface area contributed by atoms with Gasteiger partial charge in [0.05, 0.1) is 23.9 Å². The van der Waals surface area contributed by atoms with Crippen molar-refractivity contribution in [3.63, 3.8) is 0 Å². The van der Waals surface area contributed by atoms with Crippen molar-refractivity contribution in [2.24, 2.45) is 0 Å². The van der Waals surface area contributed by atoms with Gasteiger partial charge in [-0.3, -0.25) is 0 Å². The standard InChI is InChI=1S/C15H14ClF2NO2/c1-8(11-4-3-10(21-2)7-14(11)20)19-15-12(16)5-9(17)6-13(15)18/h3-8,19-20H,1-2H3. The summed E-state index contributed by atoms with van der Waals surface area (Å²) in [4.78, 5) is 0. The Morgan fingerprint density at radius 1 is 1.24 bits per heavy atom. The van der Waals surface area contributed by atoms with Crippen molar-refractivity contribution in [2.75, 3.05) is 12.4 Å². The van der Waals surface area contributed by atoms with Crippen LogP contribution >= 0.6 is 11.6 Å². The topological polar surface area (TPSA) is 41.5 Å². The Bertz CT molecular complexity index is 641. The highest BCUT2D eigenvalue weighted by Crippen LogP contribution is 2.33. The number of ether oxygens (including phenoxy) is 1. The van der Waals surface area contributed by atoms with Gasteiger partial charge in [-0.2, -0.15) is 0 Å². The summed E-state index contributed by atoms with van der Waals surface area (Å²) in [6, 6.07) is 6.11. The minimum absolute atomic E-state index is 0.00740. The monoisotopic (exact) mass is 313 g/mol. The van der Waals surface area contributed by atoms with E-state index in [1.54, 1.807) is 19.1 Å². The first kappa shape index (κ1) is 15.4. The number of benzene rings is 2. The minimum Gasteiger partial charge on any atom is -0.507 e. The average molecular weight is 314 g/mol.